The van der Waals surface area contributed by atoms with E-state index in [9.17, 15) is 17.2 Å². The van der Waals surface area contributed by atoms with E-state index in [1.165, 1.54) is 17.0 Å². The minimum absolute atomic E-state index is 0.0303. The van der Waals surface area contributed by atoms with Crippen LogP contribution in [0.2, 0.25) is 0 Å². The Balaban J connectivity index is 2.29. The summed E-state index contributed by atoms with van der Waals surface area (Å²) in [5, 5.41) is 0. The number of anilines is 1. The molecule has 1 aromatic rings. The van der Waals surface area contributed by atoms with E-state index in [4.69, 9.17) is 11.6 Å². The summed E-state index contributed by atoms with van der Waals surface area (Å²) >= 11 is 5.52. The molecule has 0 bridgehead atoms. The Labute approximate surface area is 109 Å². The summed E-state index contributed by atoms with van der Waals surface area (Å²) in [5.41, 5.74) is 0.193. The molecule has 3 nitrogen and oxygen atoms in total. The number of nitrogens with zero attached hydrogens (tertiary/aromatic N) is 1. The molecule has 0 spiro atoms. The summed E-state index contributed by atoms with van der Waals surface area (Å²) in [5.74, 6) is -1.54. The fourth-order valence-electron chi connectivity index (χ4n) is 1.93. The van der Waals surface area contributed by atoms with Gasteiger partial charge in [0.05, 0.1) is 11.5 Å². The quantitative estimate of drug-likeness (QED) is 0.783. The molecule has 1 aliphatic rings. The predicted molar refractivity (Wildman–Crippen MR) is 66.8 cm³/mol. The van der Waals surface area contributed by atoms with E-state index in [1.54, 1.807) is 0 Å². The normalized spacial score (nSPS) is 18.9. The molecule has 0 atom stereocenters. The lowest BCUT2D eigenvalue weighted by Crippen LogP contribution is -2.41. The molecule has 100 valence electrons. The van der Waals surface area contributed by atoms with Crippen molar-refractivity contribution in [2.75, 3.05) is 29.5 Å². The largest absolute Gasteiger partial charge is 0.365 e. The maximum atomic E-state index is 13.8. The van der Waals surface area contributed by atoms with Crippen molar-refractivity contribution < 1.29 is 17.2 Å². The lowest BCUT2D eigenvalue weighted by Gasteiger charge is -2.29. The highest BCUT2D eigenvalue weighted by Crippen LogP contribution is 2.27. The van der Waals surface area contributed by atoms with Crippen molar-refractivity contribution in [2.24, 2.45) is 0 Å². The van der Waals surface area contributed by atoms with Gasteiger partial charge in [0.25, 0.3) is 0 Å². The van der Waals surface area contributed by atoms with Gasteiger partial charge in [-0.05, 0) is 17.7 Å². The molecule has 18 heavy (non-hydrogen) atoms. The molecule has 1 saturated heterocycles. The maximum absolute atomic E-state index is 13.8. The molecule has 1 aliphatic heterocycles. The lowest BCUT2D eigenvalue weighted by molar-refractivity contribution is 0.560. The van der Waals surface area contributed by atoms with Crippen molar-refractivity contribution >= 4 is 27.1 Å². The average molecular weight is 296 g/mol. The summed E-state index contributed by atoms with van der Waals surface area (Å²) in [6, 6.07) is 2.35. The third kappa shape index (κ3) is 2.75. The van der Waals surface area contributed by atoms with E-state index < -0.39 is 21.5 Å². The highest BCUT2D eigenvalue weighted by Gasteiger charge is 2.25. The predicted octanol–water partition coefficient (Wildman–Crippen LogP) is 1.94. The van der Waals surface area contributed by atoms with Gasteiger partial charge in [-0.1, -0.05) is 0 Å². The Morgan fingerprint density at radius 3 is 2.11 bits per heavy atom. The van der Waals surface area contributed by atoms with Gasteiger partial charge in [0, 0.05) is 19.0 Å². The Hall–Kier alpha value is -0.880. The molecule has 0 radical (unpaired) electrons. The summed E-state index contributed by atoms with van der Waals surface area (Å²) in [6.07, 6.45) is 0. The molecule has 0 aliphatic carbocycles. The van der Waals surface area contributed by atoms with Gasteiger partial charge in [-0.3, -0.25) is 0 Å². The standard InChI is InChI=1S/C11H12ClF2NO2S/c12-7-8-5-9(13)11(10(14)6-8)15-1-3-18(16,17)4-2-15/h5-6H,1-4,7H2. The zero-order valence-corrected chi connectivity index (χ0v) is 11.1. The molecule has 1 heterocycles. The van der Waals surface area contributed by atoms with Crippen LogP contribution in [-0.2, 0) is 15.7 Å². The van der Waals surface area contributed by atoms with Gasteiger partial charge in [0.15, 0.2) is 9.84 Å². The molecule has 0 amide bonds. The second-order valence-corrected chi connectivity index (χ2v) is 6.75. The van der Waals surface area contributed by atoms with Crippen molar-refractivity contribution in [1.29, 1.82) is 0 Å². The van der Waals surface area contributed by atoms with Crippen LogP contribution in [0.25, 0.3) is 0 Å². The van der Waals surface area contributed by atoms with Gasteiger partial charge < -0.3 is 4.90 Å². The first-order chi connectivity index (χ1) is 8.43. The Bertz CT molecular complexity index is 525. The number of halogens is 3. The van der Waals surface area contributed by atoms with E-state index in [0.29, 0.717) is 5.56 Å². The fraction of sp³-hybridized carbons (Fsp3) is 0.455. The van der Waals surface area contributed by atoms with Gasteiger partial charge in [-0.25, -0.2) is 17.2 Å². The van der Waals surface area contributed by atoms with Crippen LogP contribution in [0.1, 0.15) is 5.56 Å². The van der Waals surface area contributed by atoms with Gasteiger partial charge in [0.1, 0.15) is 17.3 Å². The van der Waals surface area contributed by atoms with Crippen LogP contribution in [0.15, 0.2) is 12.1 Å². The molecule has 2 rings (SSSR count). The fourth-order valence-corrected chi connectivity index (χ4v) is 3.29. The molecule has 0 unspecified atom stereocenters. The first-order valence-corrected chi connectivity index (χ1v) is 7.78. The summed E-state index contributed by atoms with van der Waals surface area (Å²) in [4.78, 5) is 1.42. The lowest BCUT2D eigenvalue weighted by atomic mass is 10.2. The Morgan fingerprint density at radius 1 is 1.17 bits per heavy atom. The number of hydrogen-bond donors (Lipinski definition) is 0. The molecule has 0 saturated carbocycles. The molecule has 1 aromatic carbocycles. The SMILES string of the molecule is O=S1(=O)CCN(c2c(F)cc(CCl)cc2F)CC1. The van der Waals surface area contributed by atoms with Gasteiger partial charge in [-0.2, -0.15) is 0 Å². The van der Waals surface area contributed by atoms with Crippen LogP contribution >= 0.6 is 11.6 Å². The number of rotatable bonds is 2. The van der Waals surface area contributed by atoms with Gasteiger partial charge in [-0.15, -0.1) is 11.6 Å². The Kier molecular flexibility index (Phi) is 3.77. The van der Waals surface area contributed by atoms with E-state index in [2.05, 4.69) is 0 Å². The van der Waals surface area contributed by atoms with Crippen LogP contribution < -0.4 is 4.90 Å². The molecule has 7 heteroatoms. The summed E-state index contributed by atoms with van der Waals surface area (Å²) < 4.78 is 50.1. The number of sulfone groups is 1. The zero-order chi connectivity index (χ0) is 13.3. The second kappa shape index (κ2) is 5.01. The molecular weight excluding hydrogens is 284 g/mol. The first-order valence-electron chi connectivity index (χ1n) is 5.42. The van der Waals surface area contributed by atoms with Gasteiger partial charge in [0.2, 0.25) is 0 Å². The number of alkyl halides is 1. The van der Waals surface area contributed by atoms with Crippen molar-refractivity contribution in [3.8, 4) is 0 Å². The topological polar surface area (TPSA) is 37.4 Å². The van der Waals surface area contributed by atoms with Crippen LogP contribution in [0.5, 0.6) is 0 Å². The molecule has 0 N–H and O–H groups in total. The van der Waals surface area contributed by atoms with E-state index >= 15 is 0 Å². The van der Waals surface area contributed by atoms with Crippen LogP contribution in [-0.4, -0.2) is 33.0 Å². The highest BCUT2D eigenvalue weighted by atomic mass is 35.5. The Morgan fingerprint density at radius 2 is 1.67 bits per heavy atom. The van der Waals surface area contributed by atoms with Crippen LogP contribution in [0.4, 0.5) is 14.5 Å². The number of hydrogen-bond acceptors (Lipinski definition) is 3. The van der Waals surface area contributed by atoms with Crippen molar-refractivity contribution in [3.05, 3.63) is 29.3 Å². The molecule has 1 fully saturated rings. The van der Waals surface area contributed by atoms with E-state index in [1.807, 2.05) is 0 Å². The van der Waals surface area contributed by atoms with Crippen molar-refractivity contribution in [1.82, 2.24) is 0 Å². The maximum Gasteiger partial charge on any atom is 0.153 e. The minimum atomic E-state index is -3.07. The minimum Gasteiger partial charge on any atom is -0.365 e. The van der Waals surface area contributed by atoms with Crippen molar-refractivity contribution in [3.63, 3.8) is 0 Å². The average Bonchev–Trinajstić information content (AvgIpc) is 2.30. The third-order valence-corrected chi connectivity index (χ3v) is 4.81. The monoisotopic (exact) mass is 295 g/mol. The highest BCUT2D eigenvalue weighted by molar-refractivity contribution is 7.91. The van der Waals surface area contributed by atoms with Crippen LogP contribution in [0.3, 0.4) is 0 Å². The van der Waals surface area contributed by atoms with Crippen LogP contribution in [0, 0.1) is 11.6 Å². The molecule has 0 aromatic heterocycles. The summed E-state index contributed by atoms with van der Waals surface area (Å²) in [6.45, 7) is 0.215. The first kappa shape index (κ1) is 13.5. The molecular formula is C11H12ClF2NO2S. The smallest absolute Gasteiger partial charge is 0.153 e. The summed E-state index contributed by atoms with van der Waals surface area (Å²) in [7, 11) is -3.07. The van der Waals surface area contributed by atoms with E-state index in [-0.39, 0.29) is 36.2 Å². The zero-order valence-electron chi connectivity index (χ0n) is 9.50. The number of benzene rings is 1. The van der Waals surface area contributed by atoms with Gasteiger partial charge >= 0.3 is 0 Å². The second-order valence-electron chi connectivity index (χ2n) is 4.18. The van der Waals surface area contributed by atoms with Crippen molar-refractivity contribution in [2.45, 2.75) is 5.88 Å². The third-order valence-electron chi connectivity index (χ3n) is 2.89. The van der Waals surface area contributed by atoms with E-state index in [0.717, 1.165) is 0 Å².